The van der Waals surface area contributed by atoms with Crippen LogP contribution in [0.15, 0.2) is 18.3 Å². The second-order valence-electron chi connectivity index (χ2n) is 2.71. The molecular formula is C8H10N3S2-. The van der Waals surface area contributed by atoms with Gasteiger partial charge in [0.25, 0.3) is 0 Å². The number of aromatic nitrogens is 1. The summed E-state index contributed by atoms with van der Waals surface area (Å²) in [7, 11) is 3.92. The third kappa shape index (κ3) is 3.12. The van der Waals surface area contributed by atoms with Crippen LogP contribution in [0.3, 0.4) is 0 Å². The Morgan fingerprint density at radius 1 is 1.54 bits per heavy atom. The Balaban J connectivity index is 2.75. The van der Waals surface area contributed by atoms with Crippen molar-refractivity contribution in [3.05, 3.63) is 18.3 Å². The first-order valence-electron chi connectivity index (χ1n) is 3.71. The average molecular weight is 212 g/mol. The van der Waals surface area contributed by atoms with Crippen molar-refractivity contribution in [3.63, 3.8) is 0 Å². The van der Waals surface area contributed by atoms with Gasteiger partial charge in [-0.1, -0.05) is 4.32 Å². The lowest BCUT2D eigenvalue weighted by Crippen LogP contribution is -2.10. The molecule has 13 heavy (non-hydrogen) atoms. The number of hydrogen-bond acceptors (Lipinski definition) is 4. The van der Waals surface area contributed by atoms with E-state index < -0.39 is 0 Å². The third-order valence-electron chi connectivity index (χ3n) is 1.49. The lowest BCUT2D eigenvalue weighted by atomic mass is 10.4. The maximum absolute atomic E-state index is 4.72. The highest BCUT2D eigenvalue weighted by Gasteiger charge is 1.95. The van der Waals surface area contributed by atoms with E-state index in [1.165, 1.54) is 0 Å². The first-order valence-corrected chi connectivity index (χ1v) is 4.52. The Morgan fingerprint density at radius 2 is 2.23 bits per heavy atom. The molecule has 5 heteroatoms. The molecule has 0 aliphatic heterocycles. The van der Waals surface area contributed by atoms with Crippen LogP contribution in [0.25, 0.3) is 0 Å². The highest BCUT2D eigenvalue weighted by Crippen LogP contribution is 2.11. The molecule has 0 saturated heterocycles. The largest absolute Gasteiger partial charge is 0.411 e. The zero-order valence-electron chi connectivity index (χ0n) is 7.44. The van der Waals surface area contributed by atoms with E-state index in [4.69, 9.17) is 24.8 Å². The number of pyridine rings is 1. The predicted molar refractivity (Wildman–Crippen MR) is 62.1 cm³/mol. The van der Waals surface area contributed by atoms with E-state index in [9.17, 15) is 0 Å². The van der Waals surface area contributed by atoms with Crippen molar-refractivity contribution < 1.29 is 0 Å². The van der Waals surface area contributed by atoms with E-state index in [-0.39, 0.29) is 0 Å². The number of nitrogens with one attached hydrogen (secondary N) is 1. The Labute approximate surface area is 88.6 Å². The van der Waals surface area contributed by atoms with E-state index in [1.54, 1.807) is 6.20 Å². The minimum Gasteiger partial charge on any atom is -0.411 e. The summed E-state index contributed by atoms with van der Waals surface area (Å²) < 4.78 is 0.310. The van der Waals surface area contributed by atoms with Gasteiger partial charge in [0, 0.05) is 14.1 Å². The standard InChI is InChI=1S/C8H11N3S2/c1-11(2)6-3-4-7(9-5-6)10-8(12)13/h3-5H,1-2H3,(H2,9,10,12,13)/p-1. The van der Waals surface area contributed by atoms with Gasteiger partial charge in [-0.3, -0.25) is 0 Å². The molecule has 0 aliphatic carbocycles. The molecule has 3 nitrogen and oxygen atoms in total. The van der Waals surface area contributed by atoms with Crippen LogP contribution in [0, 0.1) is 0 Å². The van der Waals surface area contributed by atoms with Crippen molar-refractivity contribution in [2.75, 3.05) is 24.3 Å². The smallest absolute Gasteiger partial charge is 0.129 e. The predicted octanol–water partition coefficient (Wildman–Crippen LogP) is 1.39. The first kappa shape index (κ1) is 10.1. The maximum Gasteiger partial charge on any atom is 0.129 e. The van der Waals surface area contributed by atoms with Gasteiger partial charge in [-0.25, -0.2) is 4.98 Å². The van der Waals surface area contributed by atoms with Gasteiger partial charge in [0.1, 0.15) is 5.82 Å². The zero-order valence-corrected chi connectivity index (χ0v) is 9.08. The number of hydrogen-bond donors (Lipinski definition) is 1. The van der Waals surface area contributed by atoms with E-state index >= 15 is 0 Å². The lowest BCUT2D eigenvalue weighted by Gasteiger charge is -2.13. The lowest BCUT2D eigenvalue weighted by molar-refractivity contribution is 1.11. The molecule has 1 aromatic heterocycles. The fraction of sp³-hybridized carbons (Fsp3) is 0.250. The molecule has 1 N–H and O–H groups in total. The Morgan fingerprint density at radius 3 is 2.62 bits per heavy atom. The van der Waals surface area contributed by atoms with Gasteiger partial charge in [0.2, 0.25) is 0 Å². The van der Waals surface area contributed by atoms with Crippen LogP contribution in [0.1, 0.15) is 0 Å². The molecule has 0 bridgehead atoms. The molecule has 0 atom stereocenters. The molecule has 1 heterocycles. The summed E-state index contributed by atoms with van der Waals surface area (Å²) in [4.78, 5) is 6.11. The second kappa shape index (κ2) is 4.34. The van der Waals surface area contributed by atoms with Gasteiger partial charge in [0.15, 0.2) is 0 Å². The van der Waals surface area contributed by atoms with Crippen LogP contribution in [0.5, 0.6) is 0 Å². The van der Waals surface area contributed by atoms with Crippen LogP contribution in [-0.4, -0.2) is 23.4 Å². The Bertz CT molecular complexity index is 295. The highest BCUT2D eigenvalue weighted by atomic mass is 32.1. The van der Waals surface area contributed by atoms with Crippen molar-refractivity contribution in [2.24, 2.45) is 0 Å². The van der Waals surface area contributed by atoms with E-state index in [2.05, 4.69) is 10.3 Å². The summed E-state index contributed by atoms with van der Waals surface area (Å²) in [6, 6.07) is 3.79. The molecule has 0 spiro atoms. The number of thiocarbonyl (C=S) groups is 1. The van der Waals surface area contributed by atoms with Crippen molar-refractivity contribution >= 4 is 40.7 Å². The van der Waals surface area contributed by atoms with Crippen LogP contribution in [-0.2, 0) is 12.6 Å². The van der Waals surface area contributed by atoms with Crippen LogP contribution >= 0.6 is 12.2 Å². The molecule has 0 unspecified atom stereocenters. The molecular weight excluding hydrogens is 202 g/mol. The topological polar surface area (TPSA) is 28.2 Å². The number of nitrogens with zero attached hydrogens (tertiary/aromatic N) is 2. The number of rotatable bonds is 2. The normalized spacial score (nSPS) is 9.38. The summed E-state index contributed by atoms with van der Waals surface area (Å²) in [5.41, 5.74) is 1.04. The van der Waals surface area contributed by atoms with Crippen LogP contribution in [0.4, 0.5) is 11.5 Å². The Kier molecular flexibility index (Phi) is 3.39. The monoisotopic (exact) mass is 212 g/mol. The third-order valence-corrected chi connectivity index (χ3v) is 1.70. The summed E-state index contributed by atoms with van der Waals surface area (Å²) in [5.74, 6) is 0.686. The van der Waals surface area contributed by atoms with Crippen molar-refractivity contribution in [3.8, 4) is 0 Å². The Hall–Kier alpha value is -0.940. The quantitative estimate of drug-likeness (QED) is 0.591. The average Bonchev–Trinajstić information content (AvgIpc) is 2.04. The van der Waals surface area contributed by atoms with Crippen molar-refractivity contribution in [1.82, 2.24) is 4.98 Å². The summed E-state index contributed by atoms with van der Waals surface area (Å²) in [6.45, 7) is 0. The minimum atomic E-state index is 0.310. The SMILES string of the molecule is CN(C)c1ccc(NC(=S)[S-])nc1. The van der Waals surface area contributed by atoms with Gasteiger partial charge in [-0.15, -0.1) is 0 Å². The second-order valence-corrected chi connectivity index (χ2v) is 3.78. The summed E-state index contributed by atoms with van der Waals surface area (Å²) in [6.07, 6.45) is 1.76. The highest BCUT2D eigenvalue weighted by molar-refractivity contribution is 8.00. The molecule has 0 radical (unpaired) electrons. The van der Waals surface area contributed by atoms with Gasteiger partial charge >= 0.3 is 0 Å². The van der Waals surface area contributed by atoms with Crippen molar-refractivity contribution in [2.45, 2.75) is 0 Å². The maximum atomic E-state index is 4.72. The fourth-order valence-electron chi connectivity index (χ4n) is 0.829. The molecule has 70 valence electrons. The van der Waals surface area contributed by atoms with Crippen LogP contribution < -0.4 is 10.2 Å². The fourth-order valence-corrected chi connectivity index (χ4v) is 1.04. The van der Waals surface area contributed by atoms with Crippen LogP contribution in [0.2, 0.25) is 0 Å². The molecule has 0 fully saturated rings. The van der Waals surface area contributed by atoms with E-state index in [0.717, 1.165) is 5.69 Å². The van der Waals surface area contributed by atoms with Gasteiger partial charge in [-0.05, 0) is 12.1 Å². The molecule has 1 aromatic rings. The molecule has 0 aliphatic rings. The summed E-state index contributed by atoms with van der Waals surface area (Å²) >= 11 is 9.43. The van der Waals surface area contributed by atoms with Gasteiger partial charge in [-0.2, -0.15) is 0 Å². The van der Waals surface area contributed by atoms with E-state index in [0.29, 0.717) is 10.1 Å². The minimum absolute atomic E-state index is 0.310. The van der Waals surface area contributed by atoms with Gasteiger partial charge < -0.3 is 35.1 Å². The zero-order chi connectivity index (χ0) is 9.84. The van der Waals surface area contributed by atoms with Gasteiger partial charge in [0.05, 0.1) is 11.9 Å². The molecule has 1 rings (SSSR count). The molecule has 0 saturated carbocycles. The van der Waals surface area contributed by atoms with Crippen molar-refractivity contribution in [1.29, 1.82) is 0 Å². The summed E-state index contributed by atoms with van der Waals surface area (Å²) in [5, 5.41) is 2.79. The molecule has 0 aromatic carbocycles. The number of anilines is 2. The molecule has 0 amide bonds. The van der Waals surface area contributed by atoms with E-state index in [1.807, 2.05) is 31.1 Å². The first-order chi connectivity index (χ1) is 6.09.